The fourth-order valence-electron chi connectivity index (χ4n) is 4.16. The summed E-state index contributed by atoms with van der Waals surface area (Å²) in [6, 6.07) is 18.9. The average molecular weight is 455 g/mol. The Morgan fingerprint density at radius 1 is 1.03 bits per heavy atom. The number of aromatic nitrogens is 3. The summed E-state index contributed by atoms with van der Waals surface area (Å²) in [6.07, 6.45) is 4.46. The molecule has 0 bridgehead atoms. The monoisotopic (exact) mass is 454 g/mol. The number of pyridine rings is 1. The molecule has 0 saturated heterocycles. The van der Waals surface area contributed by atoms with Crippen molar-refractivity contribution in [3.8, 4) is 11.1 Å². The molecule has 0 aliphatic rings. The molecule has 0 amide bonds. The fourth-order valence-corrected chi connectivity index (χ4v) is 5.25. The molecule has 0 unspecified atom stereocenters. The topological polar surface area (TPSA) is 88.0 Å². The second-order valence-corrected chi connectivity index (χ2v) is 8.84. The highest BCUT2D eigenvalue weighted by Crippen LogP contribution is 2.43. The summed E-state index contributed by atoms with van der Waals surface area (Å²) in [6.45, 7) is 2.12. The first-order chi connectivity index (χ1) is 16.2. The molecule has 5 rings (SSSR count). The van der Waals surface area contributed by atoms with Gasteiger partial charge in [-0.1, -0.05) is 55.5 Å². The van der Waals surface area contributed by atoms with Crippen LogP contribution in [-0.2, 0) is 17.6 Å². The maximum atomic E-state index is 12.1. The summed E-state index contributed by atoms with van der Waals surface area (Å²) < 4.78 is 0. The van der Waals surface area contributed by atoms with Gasteiger partial charge in [0, 0.05) is 28.4 Å². The Kier molecular flexibility index (Phi) is 5.71. The maximum absolute atomic E-state index is 12.1. The minimum atomic E-state index is -0.924. The molecule has 164 valence electrons. The predicted molar refractivity (Wildman–Crippen MR) is 133 cm³/mol. The summed E-state index contributed by atoms with van der Waals surface area (Å²) in [7, 11) is 0. The minimum absolute atomic E-state index is 0.347. The molecule has 0 saturated carbocycles. The minimum Gasteiger partial charge on any atom is -0.480 e. The third-order valence-electron chi connectivity index (χ3n) is 5.69. The number of nitrogens with one attached hydrogen (secondary N) is 1. The Labute approximate surface area is 195 Å². The lowest BCUT2D eigenvalue weighted by atomic mass is 9.97. The van der Waals surface area contributed by atoms with Gasteiger partial charge in [0.2, 0.25) is 0 Å². The quantitative estimate of drug-likeness (QED) is 0.334. The van der Waals surface area contributed by atoms with Crippen molar-refractivity contribution >= 4 is 44.2 Å². The Bertz CT molecular complexity index is 1440. The maximum Gasteiger partial charge on any atom is 0.326 e. The van der Waals surface area contributed by atoms with Crippen LogP contribution < -0.4 is 5.32 Å². The lowest BCUT2D eigenvalue weighted by molar-refractivity contribution is -0.137. The van der Waals surface area contributed by atoms with Crippen molar-refractivity contribution in [3.05, 3.63) is 83.6 Å². The number of aryl methyl sites for hydroxylation is 1. The number of carboxylic acids is 1. The number of benzene rings is 2. The first-order valence-corrected chi connectivity index (χ1v) is 11.6. The first-order valence-electron chi connectivity index (χ1n) is 10.8. The number of anilines is 1. The van der Waals surface area contributed by atoms with Crippen molar-refractivity contribution in [2.45, 2.75) is 25.8 Å². The third kappa shape index (κ3) is 4.03. The molecule has 0 fully saturated rings. The number of thiophene rings is 1. The molecule has 0 aliphatic heterocycles. The summed E-state index contributed by atoms with van der Waals surface area (Å²) in [5, 5.41) is 15.0. The number of hydrogen-bond donors (Lipinski definition) is 2. The van der Waals surface area contributed by atoms with Crippen molar-refractivity contribution in [1.82, 2.24) is 15.0 Å². The van der Waals surface area contributed by atoms with E-state index in [9.17, 15) is 9.90 Å². The van der Waals surface area contributed by atoms with E-state index in [1.54, 1.807) is 17.5 Å². The van der Waals surface area contributed by atoms with Gasteiger partial charge >= 0.3 is 5.97 Å². The largest absolute Gasteiger partial charge is 0.480 e. The van der Waals surface area contributed by atoms with Crippen LogP contribution in [0.15, 0.2) is 73.2 Å². The Morgan fingerprint density at radius 2 is 1.88 bits per heavy atom. The van der Waals surface area contributed by atoms with E-state index in [0.717, 1.165) is 44.2 Å². The summed E-state index contributed by atoms with van der Waals surface area (Å²) >= 11 is 1.62. The van der Waals surface area contributed by atoms with Crippen molar-refractivity contribution < 1.29 is 9.90 Å². The molecule has 0 spiro atoms. The van der Waals surface area contributed by atoms with Crippen LogP contribution in [0.4, 0.5) is 5.82 Å². The summed E-state index contributed by atoms with van der Waals surface area (Å²) in [5.74, 6) is -0.386. The van der Waals surface area contributed by atoms with Crippen LogP contribution in [0.25, 0.3) is 32.2 Å². The molecule has 3 aromatic heterocycles. The number of nitrogens with zero attached hydrogens (tertiary/aromatic N) is 3. The van der Waals surface area contributed by atoms with Crippen LogP contribution in [-0.4, -0.2) is 32.1 Å². The Morgan fingerprint density at radius 3 is 2.67 bits per heavy atom. The van der Waals surface area contributed by atoms with Crippen LogP contribution in [0, 0.1) is 0 Å². The van der Waals surface area contributed by atoms with Gasteiger partial charge in [-0.05, 0) is 29.7 Å². The number of hydrogen-bond acceptors (Lipinski definition) is 6. The third-order valence-corrected chi connectivity index (χ3v) is 6.93. The zero-order chi connectivity index (χ0) is 22.8. The highest BCUT2D eigenvalue weighted by atomic mass is 32.1. The summed E-state index contributed by atoms with van der Waals surface area (Å²) in [5.41, 5.74) is 3.96. The Balaban J connectivity index is 1.66. The molecule has 33 heavy (non-hydrogen) atoms. The summed E-state index contributed by atoms with van der Waals surface area (Å²) in [4.78, 5) is 27.7. The Hall–Kier alpha value is -3.84. The van der Waals surface area contributed by atoms with Crippen molar-refractivity contribution in [3.63, 3.8) is 0 Å². The van der Waals surface area contributed by atoms with Gasteiger partial charge in [0.15, 0.2) is 0 Å². The van der Waals surface area contributed by atoms with E-state index >= 15 is 0 Å². The number of carboxylic acid groups (broad SMARTS) is 1. The molecule has 5 aromatic rings. The number of aliphatic carboxylic acids is 1. The molecule has 6 nitrogen and oxygen atoms in total. The highest BCUT2D eigenvalue weighted by molar-refractivity contribution is 7.19. The number of carbonyl (C=O) groups is 1. The van der Waals surface area contributed by atoms with E-state index in [1.807, 2.05) is 48.5 Å². The highest BCUT2D eigenvalue weighted by Gasteiger charge is 2.24. The molecule has 0 radical (unpaired) electrons. The zero-order valence-electron chi connectivity index (χ0n) is 18.0. The van der Waals surface area contributed by atoms with Crippen molar-refractivity contribution in [2.75, 3.05) is 5.32 Å². The smallest absolute Gasteiger partial charge is 0.326 e. The molecular weight excluding hydrogens is 432 g/mol. The molecule has 0 aliphatic carbocycles. The second kappa shape index (κ2) is 8.96. The van der Waals surface area contributed by atoms with E-state index in [0.29, 0.717) is 12.2 Å². The van der Waals surface area contributed by atoms with Crippen LogP contribution >= 0.6 is 11.3 Å². The van der Waals surface area contributed by atoms with Gasteiger partial charge in [0.25, 0.3) is 0 Å². The molecular formula is C26H22N4O2S. The van der Waals surface area contributed by atoms with Gasteiger partial charge in [0.1, 0.15) is 23.0 Å². The van der Waals surface area contributed by atoms with Gasteiger partial charge in [-0.2, -0.15) is 0 Å². The normalized spacial score (nSPS) is 12.2. The SMILES string of the molecule is CCc1sc2ncnc(N[C@H](Cc3ccccc3)C(=O)O)c2c1-c1cccc2ncccc12. The van der Waals surface area contributed by atoms with Crippen molar-refractivity contribution in [1.29, 1.82) is 0 Å². The lowest BCUT2D eigenvalue weighted by Crippen LogP contribution is -2.32. The molecule has 7 heteroatoms. The molecule has 3 heterocycles. The van der Waals surface area contributed by atoms with Crippen LogP contribution in [0.1, 0.15) is 17.4 Å². The standard InChI is InChI=1S/C26H22N4O2S/c1-2-21-22(18-10-6-12-19-17(18)11-7-13-27-19)23-24(28-15-29-25(23)33-21)30-20(26(31)32)14-16-8-4-3-5-9-16/h3-13,15,20H,2,14H2,1H3,(H,31,32)(H,28,29,30)/t20-/m1/s1. The fraction of sp³-hybridized carbons (Fsp3) is 0.154. The number of fused-ring (bicyclic) bond motifs is 2. The molecule has 2 N–H and O–H groups in total. The van der Waals surface area contributed by atoms with E-state index in [-0.39, 0.29) is 0 Å². The van der Waals surface area contributed by atoms with E-state index in [4.69, 9.17) is 0 Å². The second-order valence-electron chi connectivity index (χ2n) is 7.76. The van der Waals surface area contributed by atoms with E-state index < -0.39 is 12.0 Å². The number of rotatable bonds is 7. The van der Waals surface area contributed by atoms with Gasteiger partial charge in [-0.15, -0.1) is 11.3 Å². The van der Waals surface area contributed by atoms with Crippen LogP contribution in [0.5, 0.6) is 0 Å². The van der Waals surface area contributed by atoms with E-state index in [2.05, 4.69) is 39.3 Å². The first kappa shape index (κ1) is 21.0. The molecule has 1 atom stereocenters. The van der Waals surface area contributed by atoms with Crippen molar-refractivity contribution in [2.24, 2.45) is 0 Å². The van der Waals surface area contributed by atoms with Gasteiger partial charge in [-0.25, -0.2) is 14.8 Å². The van der Waals surface area contributed by atoms with Gasteiger partial charge in [0.05, 0.1) is 10.9 Å². The average Bonchev–Trinajstić information content (AvgIpc) is 3.23. The van der Waals surface area contributed by atoms with Crippen LogP contribution in [0.2, 0.25) is 0 Å². The zero-order valence-corrected chi connectivity index (χ0v) is 18.8. The van der Waals surface area contributed by atoms with Gasteiger partial charge in [-0.3, -0.25) is 4.98 Å². The predicted octanol–water partition coefficient (Wildman–Crippen LogP) is 5.58. The lowest BCUT2D eigenvalue weighted by Gasteiger charge is -2.17. The van der Waals surface area contributed by atoms with E-state index in [1.165, 1.54) is 11.2 Å². The van der Waals surface area contributed by atoms with Gasteiger partial charge < -0.3 is 10.4 Å². The molecule has 2 aromatic carbocycles. The van der Waals surface area contributed by atoms with Crippen LogP contribution in [0.3, 0.4) is 0 Å².